The molecule has 0 atom stereocenters. The van der Waals surface area contributed by atoms with Crippen molar-refractivity contribution >= 4 is 35.1 Å². The fourth-order valence-electron chi connectivity index (χ4n) is 5.10. The standard InChI is InChI=1S/C28H32F3N9O5/c1-3-23(41)33-15-24(42)38-6-4-37(5-7-38)16-18-12-21-26(39-8-10-45-11-9-39)35-25(36-40(21)17-18)19-14-32-22(34-27(43)44-2)13-20(19)28(29,30)31/h3,12-14,17H,1,4-11,15-16H2,2H3,(H,33,41)(H,32,34,43). The molecule has 45 heavy (non-hydrogen) atoms. The first-order chi connectivity index (χ1) is 21.5. The molecule has 0 aliphatic carbocycles. The predicted octanol–water partition coefficient (Wildman–Crippen LogP) is 1.77. The molecule has 14 nitrogen and oxygen atoms in total. The van der Waals surface area contributed by atoms with Crippen LogP contribution < -0.4 is 15.5 Å². The molecule has 2 N–H and O–H groups in total. The van der Waals surface area contributed by atoms with Gasteiger partial charge in [0.1, 0.15) is 11.3 Å². The van der Waals surface area contributed by atoms with Gasteiger partial charge in [0.15, 0.2) is 11.6 Å². The van der Waals surface area contributed by atoms with Crippen molar-refractivity contribution in [2.75, 3.05) is 76.4 Å². The van der Waals surface area contributed by atoms with E-state index >= 15 is 0 Å². The van der Waals surface area contributed by atoms with E-state index in [1.165, 1.54) is 4.52 Å². The van der Waals surface area contributed by atoms with E-state index < -0.39 is 23.7 Å². The highest BCUT2D eigenvalue weighted by molar-refractivity contribution is 5.90. The molecule has 17 heteroatoms. The molecular formula is C28H32F3N9O5. The monoisotopic (exact) mass is 631 g/mol. The highest BCUT2D eigenvalue weighted by Crippen LogP contribution is 2.38. The first-order valence-electron chi connectivity index (χ1n) is 14.1. The van der Waals surface area contributed by atoms with E-state index in [0.717, 1.165) is 24.9 Å². The van der Waals surface area contributed by atoms with E-state index in [1.807, 2.05) is 11.0 Å². The Morgan fingerprint density at radius 3 is 2.51 bits per heavy atom. The quantitative estimate of drug-likeness (QED) is 0.353. The number of hydrogen-bond donors (Lipinski definition) is 2. The van der Waals surface area contributed by atoms with Crippen LogP contribution in [0.5, 0.6) is 0 Å². The van der Waals surface area contributed by atoms with E-state index in [0.29, 0.717) is 76.4 Å². The molecule has 5 heterocycles. The number of anilines is 2. The molecule has 2 aliphatic heterocycles. The summed E-state index contributed by atoms with van der Waals surface area (Å²) in [4.78, 5) is 49.7. The summed E-state index contributed by atoms with van der Waals surface area (Å²) >= 11 is 0. The first kappa shape index (κ1) is 31.6. The maximum Gasteiger partial charge on any atom is 0.417 e. The summed E-state index contributed by atoms with van der Waals surface area (Å²) in [5.41, 5.74) is 0.0587. The van der Waals surface area contributed by atoms with E-state index in [9.17, 15) is 27.6 Å². The number of amides is 3. The second-order valence-electron chi connectivity index (χ2n) is 10.3. The number of ether oxygens (including phenoxy) is 2. The van der Waals surface area contributed by atoms with Crippen LogP contribution in [0.4, 0.5) is 29.6 Å². The average Bonchev–Trinajstić information content (AvgIpc) is 3.45. The number of methoxy groups -OCH3 is 1. The Labute approximate surface area is 255 Å². The van der Waals surface area contributed by atoms with Gasteiger partial charge in [-0.15, -0.1) is 5.10 Å². The number of nitrogens with zero attached hydrogens (tertiary/aromatic N) is 7. The number of pyridine rings is 1. The summed E-state index contributed by atoms with van der Waals surface area (Å²) < 4.78 is 54.1. The minimum absolute atomic E-state index is 0.100. The molecule has 5 rings (SSSR count). The SMILES string of the molecule is C=CC(=O)NCC(=O)N1CCN(Cc2cc3c(N4CCOCC4)nc(-c4cnc(NC(=O)OC)cc4C(F)(F)F)nn3c2)CC1. The smallest absolute Gasteiger partial charge is 0.417 e. The number of halogens is 3. The zero-order valence-electron chi connectivity index (χ0n) is 24.5. The Kier molecular flexibility index (Phi) is 9.48. The second kappa shape index (κ2) is 13.5. The summed E-state index contributed by atoms with van der Waals surface area (Å²) in [6.07, 6.45) is -1.92. The summed E-state index contributed by atoms with van der Waals surface area (Å²) in [6, 6.07) is 2.62. The number of fused-ring (bicyclic) bond motifs is 1. The van der Waals surface area contributed by atoms with Crippen LogP contribution in [0.1, 0.15) is 11.1 Å². The third-order valence-electron chi connectivity index (χ3n) is 7.41. The van der Waals surface area contributed by atoms with Crippen molar-refractivity contribution in [3.63, 3.8) is 0 Å². The lowest BCUT2D eigenvalue weighted by Crippen LogP contribution is -2.50. The zero-order valence-corrected chi connectivity index (χ0v) is 24.5. The number of piperazine rings is 1. The number of morpholine rings is 1. The van der Waals surface area contributed by atoms with E-state index in [2.05, 4.69) is 41.9 Å². The van der Waals surface area contributed by atoms with Gasteiger partial charge < -0.3 is 24.6 Å². The number of nitrogens with one attached hydrogen (secondary N) is 2. The van der Waals surface area contributed by atoms with Gasteiger partial charge >= 0.3 is 12.3 Å². The van der Waals surface area contributed by atoms with Crippen molar-refractivity contribution in [3.8, 4) is 11.4 Å². The largest absolute Gasteiger partial charge is 0.453 e. The summed E-state index contributed by atoms with van der Waals surface area (Å²) in [6.45, 7) is 7.77. The highest BCUT2D eigenvalue weighted by Gasteiger charge is 2.36. The van der Waals surface area contributed by atoms with Crippen molar-refractivity contribution in [1.82, 2.24) is 34.7 Å². The molecule has 240 valence electrons. The molecule has 0 bridgehead atoms. The van der Waals surface area contributed by atoms with Gasteiger partial charge in [0.05, 0.1) is 38.0 Å². The maximum absolute atomic E-state index is 14.2. The Bertz CT molecular complexity index is 1580. The minimum atomic E-state index is -4.80. The highest BCUT2D eigenvalue weighted by atomic mass is 19.4. The van der Waals surface area contributed by atoms with Crippen LogP contribution >= 0.6 is 0 Å². The Balaban J connectivity index is 1.42. The molecule has 2 aliphatic rings. The van der Waals surface area contributed by atoms with E-state index in [4.69, 9.17) is 4.74 Å². The van der Waals surface area contributed by atoms with Gasteiger partial charge in [-0.3, -0.25) is 19.8 Å². The Hall–Kier alpha value is -4.77. The van der Waals surface area contributed by atoms with Crippen molar-refractivity contribution in [1.29, 1.82) is 0 Å². The fourth-order valence-corrected chi connectivity index (χ4v) is 5.10. The van der Waals surface area contributed by atoms with Crippen LogP contribution in [0.2, 0.25) is 0 Å². The Morgan fingerprint density at radius 2 is 1.84 bits per heavy atom. The van der Waals surface area contributed by atoms with Crippen LogP contribution in [0, 0.1) is 0 Å². The average molecular weight is 632 g/mol. The Morgan fingerprint density at radius 1 is 1.11 bits per heavy atom. The van der Waals surface area contributed by atoms with Crippen molar-refractivity contribution in [2.24, 2.45) is 0 Å². The summed E-state index contributed by atoms with van der Waals surface area (Å²) in [7, 11) is 1.09. The molecule has 3 aromatic rings. The number of alkyl halides is 3. The number of aromatic nitrogens is 4. The van der Waals surface area contributed by atoms with Crippen LogP contribution in [0.15, 0.2) is 37.2 Å². The second-order valence-corrected chi connectivity index (χ2v) is 10.3. The van der Waals surface area contributed by atoms with E-state index in [1.54, 1.807) is 11.1 Å². The van der Waals surface area contributed by atoms with Crippen molar-refractivity contribution in [3.05, 3.63) is 48.3 Å². The van der Waals surface area contributed by atoms with Gasteiger partial charge in [-0.2, -0.15) is 13.2 Å². The summed E-state index contributed by atoms with van der Waals surface area (Å²) in [5.74, 6) is -0.662. The number of rotatable bonds is 8. The zero-order chi connectivity index (χ0) is 32.1. The molecule has 2 fully saturated rings. The van der Waals surface area contributed by atoms with Crippen molar-refractivity contribution < 1.29 is 37.0 Å². The third kappa shape index (κ3) is 7.49. The van der Waals surface area contributed by atoms with Crippen LogP contribution in [0.25, 0.3) is 16.9 Å². The topological polar surface area (TPSA) is 147 Å². The molecule has 3 aromatic heterocycles. The minimum Gasteiger partial charge on any atom is -0.453 e. The molecule has 0 radical (unpaired) electrons. The van der Waals surface area contributed by atoms with Gasteiger partial charge in [0, 0.05) is 58.2 Å². The molecule has 0 spiro atoms. The molecule has 3 amide bonds. The maximum atomic E-state index is 14.2. The summed E-state index contributed by atoms with van der Waals surface area (Å²) in [5, 5.41) is 9.10. The molecular weight excluding hydrogens is 599 g/mol. The van der Waals surface area contributed by atoms with Gasteiger partial charge in [0.25, 0.3) is 0 Å². The fraction of sp³-hybridized carbons (Fsp3) is 0.429. The van der Waals surface area contributed by atoms with E-state index in [-0.39, 0.29) is 29.7 Å². The van der Waals surface area contributed by atoms with Gasteiger partial charge in [-0.05, 0) is 23.8 Å². The van der Waals surface area contributed by atoms with Crippen LogP contribution in [-0.2, 0) is 31.8 Å². The van der Waals surface area contributed by atoms with Gasteiger partial charge in [-0.1, -0.05) is 6.58 Å². The number of carbonyl (C=O) groups excluding carboxylic acids is 3. The number of hydrogen-bond acceptors (Lipinski definition) is 10. The lowest BCUT2D eigenvalue weighted by molar-refractivity contribution is -0.137. The lowest BCUT2D eigenvalue weighted by atomic mass is 10.1. The van der Waals surface area contributed by atoms with Crippen molar-refractivity contribution in [2.45, 2.75) is 12.7 Å². The van der Waals surface area contributed by atoms with Gasteiger partial charge in [0.2, 0.25) is 11.8 Å². The third-order valence-corrected chi connectivity index (χ3v) is 7.41. The first-order valence-corrected chi connectivity index (χ1v) is 14.1. The molecule has 0 unspecified atom stereocenters. The van der Waals surface area contributed by atoms with Crippen LogP contribution in [-0.4, -0.2) is 113 Å². The number of carbonyl (C=O) groups is 3. The van der Waals surface area contributed by atoms with Gasteiger partial charge in [-0.25, -0.2) is 19.3 Å². The normalized spacial score (nSPS) is 16.0. The molecule has 0 aromatic carbocycles. The molecule has 0 saturated carbocycles. The lowest BCUT2D eigenvalue weighted by Gasteiger charge is -2.34. The molecule has 2 saturated heterocycles. The predicted molar refractivity (Wildman–Crippen MR) is 155 cm³/mol. The van der Waals surface area contributed by atoms with Crippen LogP contribution in [0.3, 0.4) is 0 Å².